The van der Waals surface area contributed by atoms with Crippen LogP contribution in [-0.2, 0) is 51.4 Å². The lowest BCUT2D eigenvalue weighted by Gasteiger charge is -2.37. The van der Waals surface area contributed by atoms with Crippen molar-refractivity contribution in [3.05, 3.63) is 33.1 Å². The Labute approximate surface area is 280 Å². The number of halogens is 1. The van der Waals surface area contributed by atoms with E-state index in [1.807, 2.05) is 4.98 Å². The Hall–Kier alpha value is -3.39. The first-order valence-corrected chi connectivity index (χ1v) is 16.8. The molecule has 49 heavy (non-hydrogen) atoms. The number of phosphoric acid groups is 1. The smallest absolute Gasteiger partial charge is 0.455 e. The summed E-state index contributed by atoms with van der Waals surface area (Å²) in [5.41, 5.74) is -0.713. The molecule has 2 aliphatic rings. The molecule has 278 valence electrons. The van der Waals surface area contributed by atoms with E-state index in [2.05, 4.69) is 0 Å². The molecule has 0 amide bonds. The Morgan fingerprint density at radius 1 is 1.04 bits per heavy atom. The highest BCUT2D eigenvalue weighted by Crippen LogP contribution is 2.58. The number of phosphoric ester groups is 1. The van der Waals surface area contributed by atoms with E-state index in [1.165, 1.54) is 27.7 Å². The highest BCUT2D eigenvalue weighted by Gasteiger charge is 2.71. The van der Waals surface area contributed by atoms with Gasteiger partial charge < -0.3 is 39.3 Å². The number of hydrogen-bond acceptors (Lipinski definition) is 17. The van der Waals surface area contributed by atoms with E-state index >= 15 is 4.39 Å². The number of carbonyl (C=O) groups is 3. The summed E-state index contributed by atoms with van der Waals surface area (Å²) in [6, 6.07) is -0.302. The van der Waals surface area contributed by atoms with Crippen LogP contribution < -0.4 is 17.0 Å². The lowest BCUT2D eigenvalue weighted by molar-refractivity contribution is -0.180. The minimum Gasteiger partial charge on any atom is -0.455 e. The molecule has 0 spiro atoms. The first-order chi connectivity index (χ1) is 22.9. The number of H-pyrrole nitrogens is 1. The van der Waals surface area contributed by atoms with E-state index in [4.69, 9.17) is 47.7 Å². The van der Waals surface area contributed by atoms with Crippen molar-refractivity contribution < 1.29 is 70.4 Å². The van der Waals surface area contributed by atoms with E-state index in [0.717, 1.165) is 16.8 Å². The van der Waals surface area contributed by atoms with Crippen molar-refractivity contribution in [2.24, 2.45) is 17.6 Å². The van der Waals surface area contributed by atoms with E-state index in [-0.39, 0.29) is 0 Å². The number of ether oxygens (including phenoxy) is 6. The molecule has 1 saturated carbocycles. The molecule has 1 aromatic rings. The van der Waals surface area contributed by atoms with Crippen LogP contribution >= 0.6 is 7.82 Å². The fourth-order valence-corrected chi connectivity index (χ4v) is 5.70. The van der Waals surface area contributed by atoms with Gasteiger partial charge in [0.2, 0.25) is 13.6 Å². The molecule has 2 heterocycles. The van der Waals surface area contributed by atoms with E-state index in [1.54, 1.807) is 13.8 Å². The van der Waals surface area contributed by atoms with E-state index in [9.17, 15) is 33.6 Å². The van der Waals surface area contributed by atoms with Crippen LogP contribution in [0.5, 0.6) is 0 Å². The predicted molar refractivity (Wildman–Crippen MR) is 161 cm³/mol. The van der Waals surface area contributed by atoms with Crippen LogP contribution in [-0.4, -0.2) is 95.4 Å². The summed E-state index contributed by atoms with van der Waals surface area (Å²) in [5.74, 6) is -2.26. The van der Waals surface area contributed by atoms with Crippen molar-refractivity contribution in [1.29, 1.82) is 0 Å². The number of aliphatic hydroxyl groups is 1. The summed E-state index contributed by atoms with van der Waals surface area (Å²) in [7, 11) is -5.04. The highest BCUT2D eigenvalue weighted by atomic mass is 31.2. The van der Waals surface area contributed by atoms with Gasteiger partial charge in [-0.25, -0.2) is 32.4 Å². The van der Waals surface area contributed by atoms with Gasteiger partial charge in [0.15, 0.2) is 23.5 Å². The fraction of sp³-hybridized carbons (Fsp3) is 0.750. The zero-order chi connectivity index (χ0) is 36.7. The van der Waals surface area contributed by atoms with Gasteiger partial charge in [-0.1, -0.05) is 13.8 Å². The Morgan fingerprint density at radius 2 is 1.59 bits per heavy atom. The van der Waals surface area contributed by atoms with Crippen molar-refractivity contribution in [3.8, 4) is 0 Å². The number of nitrogens with two attached hydrogens (primary N) is 1. The van der Waals surface area contributed by atoms with Gasteiger partial charge in [-0.05, 0) is 52.4 Å². The summed E-state index contributed by atoms with van der Waals surface area (Å²) >= 11 is 0. The Balaban J connectivity index is 2.00. The van der Waals surface area contributed by atoms with Crippen molar-refractivity contribution in [3.63, 3.8) is 0 Å². The molecule has 1 aromatic heterocycles. The molecule has 5 atom stereocenters. The Bertz CT molecular complexity index is 1450. The normalized spacial score (nSPS) is 24.6. The van der Waals surface area contributed by atoms with Gasteiger partial charge >= 0.3 is 31.8 Å². The number of aromatic amines is 1. The first-order valence-electron chi connectivity index (χ1n) is 15.3. The lowest BCUT2D eigenvalue weighted by atomic mass is 9.83. The van der Waals surface area contributed by atoms with Crippen LogP contribution in [0, 0.1) is 11.8 Å². The standard InChI is InChI=1S/C28H43FN3O16P/c1-15(2)20(30)21(34)47-22-27(11-29,48-23(28(22,38)18-7-8-18)32-10-9-19(33)31-24(32)35)12-42-49(39,43-13-40-25(36)45-16(3)4)44-14-41-26(37)46-17(5)6/h9-10,15-18,20,22-23,38H,7-8,11-14,30H2,1-6H3,(H,31,33,35). The molecule has 5 unspecified atom stereocenters. The maximum absolute atomic E-state index is 15.4. The number of nitrogens with one attached hydrogen (secondary N) is 1. The summed E-state index contributed by atoms with van der Waals surface area (Å²) in [5, 5.41) is 12.2. The second-order valence-electron chi connectivity index (χ2n) is 12.3. The average Bonchev–Trinajstić information content (AvgIpc) is 3.82. The van der Waals surface area contributed by atoms with Gasteiger partial charge in [-0.15, -0.1) is 0 Å². The number of carbonyl (C=O) groups excluding carboxylic acids is 3. The van der Waals surface area contributed by atoms with Gasteiger partial charge in [0.05, 0.1) is 18.8 Å². The predicted octanol–water partition coefficient (Wildman–Crippen LogP) is 2.01. The third-order valence-corrected chi connectivity index (χ3v) is 8.62. The second-order valence-corrected chi connectivity index (χ2v) is 13.9. The number of nitrogens with zero attached hydrogens (tertiary/aromatic N) is 1. The molecule has 19 nitrogen and oxygen atoms in total. The number of hydrogen-bond donors (Lipinski definition) is 3. The molecule has 3 rings (SSSR count). The van der Waals surface area contributed by atoms with Gasteiger partial charge in [-0.3, -0.25) is 23.7 Å². The van der Waals surface area contributed by atoms with Crippen LogP contribution in [0.3, 0.4) is 0 Å². The van der Waals surface area contributed by atoms with Gasteiger partial charge in [0.1, 0.15) is 12.7 Å². The van der Waals surface area contributed by atoms with Crippen LogP contribution in [0.1, 0.15) is 60.6 Å². The second kappa shape index (κ2) is 16.5. The van der Waals surface area contributed by atoms with E-state index < -0.39 is 118 Å². The molecule has 0 aromatic carbocycles. The molecule has 21 heteroatoms. The Morgan fingerprint density at radius 3 is 2.04 bits per heavy atom. The molecule has 4 N–H and O–H groups in total. The maximum atomic E-state index is 15.4. The van der Waals surface area contributed by atoms with Crippen LogP contribution in [0.15, 0.2) is 21.9 Å². The third kappa shape index (κ3) is 10.1. The Kier molecular flexibility index (Phi) is 13.5. The average molecular weight is 728 g/mol. The van der Waals surface area contributed by atoms with E-state index in [0.29, 0.717) is 12.8 Å². The number of rotatable bonds is 17. The largest absolute Gasteiger partial charge is 0.510 e. The molecular formula is C28H43FN3O16P. The van der Waals surface area contributed by atoms with Crippen molar-refractivity contribution in [1.82, 2.24) is 9.55 Å². The highest BCUT2D eigenvalue weighted by molar-refractivity contribution is 7.48. The molecule has 2 fully saturated rings. The molecule has 1 aliphatic carbocycles. The third-order valence-electron chi connectivity index (χ3n) is 7.33. The van der Waals surface area contributed by atoms with Gasteiger partial charge in [0.25, 0.3) is 5.56 Å². The molecule has 0 bridgehead atoms. The zero-order valence-corrected chi connectivity index (χ0v) is 28.8. The minimum atomic E-state index is -5.04. The van der Waals surface area contributed by atoms with Crippen molar-refractivity contribution >= 4 is 26.1 Å². The SMILES string of the molecule is CC(C)OC(=O)OCOP(=O)(OCOC(=O)OC(C)C)OCC1(CF)OC(n2ccc(=O)[nH]c2=O)C(O)(C2CC2)C1OC(=O)C(N)C(C)C. The summed E-state index contributed by atoms with van der Waals surface area (Å²) < 4.78 is 75.9. The number of alkyl halides is 1. The minimum absolute atomic E-state index is 0.334. The molecule has 1 aliphatic heterocycles. The zero-order valence-electron chi connectivity index (χ0n) is 27.9. The fourth-order valence-electron chi connectivity index (χ4n) is 4.73. The maximum Gasteiger partial charge on any atom is 0.510 e. The number of aromatic nitrogens is 2. The van der Waals surface area contributed by atoms with Crippen molar-refractivity contribution in [2.45, 2.75) is 96.2 Å². The summed E-state index contributed by atoms with van der Waals surface area (Å²) in [6.07, 6.45) is -5.74. The molecule has 1 saturated heterocycles. The summed E-state index contributed by atoms with van der Waals surface area (Å²) in [4.78, 5) is 63.5. The van der Waals surface area contributed by atoms with Crippen LogP contribution in [0.4, 0.5) is 14.0 Å². The van der Waals surface area contributed by atoms with Gasteiger partial charge in [-0.2, -0.15) is 0 Å². The molecular weight excluding hydrogens is 684 g/mol. The van der Waals surface area contributed by atoms with Crippen molar-refractivity contribution in [2.75, 3.05) is 26.9 Å². The first kappa shape index (κ1) is 40.0. The topological polar surface area (TPSA) is 252 Å². The monoisotopic (exact) mass is 727 g/mol. The lowest BCUT2D eigenvalue weighted by Crippen LogP contribution is -2.59. The van der Waals surface area contributed by atoms with Crippen LogP contribution in [0.2, 0.25) is 0 Å². The summed E-state index contributed by atoms with van der Waals surface area (Å²) in [6.45, 7) is 4.35. The quantitative estimate of drug-likeness (QED) is 0.0898. The molecule has 0 radical (unpaired) electrons. The van der Waals surface area contributed by atoms with Gasteiger partial charge in [0, 0.05) is 12.3 Å². The number of esters is 1. The van der Waals surface area contributed by atoms with Crippen LogP contribution in [0.25, 0.3) is 0 Å².